The summed E-state index contributed by atoms with van der Waals surface area (Å²) in [5.41, 5.74) is 1.03. The number of rotatable bonds is 2. The summed E-state index contributed by atoms with van der Waals surface area (Å²) in [5.74, 6) is 0.857. The molecule has 8 nitrogen and oxygen atoms in total. The molecule has 1 amide bonds. The van der Waals surface area contributed by atoms with E-state index in [1.54, 1.807) is 16.9 Å². The smallest absolute Gasteiger partial charge is 0.410 e. The minimum absolute atomic E-state index is 0.130. The molecule has 3 aromatic rings. The lowest BCUT2D eigenvalue weighted by Crippen LogP contribution is -2.50. The van der Waals surface area contributed by atoms with E-state index in [-0.39, 0.29) is 18.2 Å². The topological polar surface area (TPSA) is 76.4 Å². The number of pyridine rings is 2. The molecule has 3 aromatic heterocycles. The minimum Gasteiger partial charge on any atom is -0.444 e. The highest BCUT2D eigenvalue weighted by atomic mass is 79.9. The lowest BCUT2D eigenvalue weighted by molar-refractivity contribution is 0.0214. The first kappa shape index (κ1) is 20.5. The number of hydrogen-bond donors (Lipinski definition) is 0. The zero-order valence-electron chi connectivity index (χ0n) is 17.4. The Morgan fingerprint density at radius 2 is 2.03 bits per heavy atom. The van der Waals surface area contributed by atoms with E-state index >= 15 is 0 Å². The van der Waals surface area contributed by atoms with Crippen LogP contribution in [0.1, 0.15) is 27.2 Å². The van der Waals surface area contributed by atoms with Crippen molar-refractivity contribution >= 4 is 50.5 Å². The largest absolute Gasteiger partial charge is 0.444 e. The summed E-state index contributed by atoms with van der Waals surface area (Å²) in [6.07, 6.45) is 2.45. The van der Waals surface area contributed by atoms with Crippen LogP contribution in [-0.2, 0) is 4.74 Å². The van der Waals surface area contributed by atoms with E-state index in [1.165, 1.54) is 0 Å². The quantitative estimate of drug-likeness (QED) is 0.480. The van der Waals surface area contributed by atoms with E-state index in [0.29, 0.717) is 21.9 Å². The number of carbonyl (C=O) groups excluding carboxylic acids is 1. The Bertz CT molecular complexity index is 1180. The molecule has 2 fully saturated rings. The van der Waals surface area contributed by atoms with Crippen LogP contribution in [-0.4, -0.2) is 61.5 Å². The first-order chi connectivity index (χ1) is 14.7. The van der Waals surface area contributed by atoms with E-state index in [4.69, 9.17) is 16.3 Å². The number of likely N-dealkylation sites (tertiary alicyclic amines) is 1. The minimum atomic E-state index is -0.494. The van der Waals surface area contributed by atoms with Crippen molar-refractivity contribution < 1.29 is 9.53 Å². The molecule has 5 heterocycles. The monoisotopic (exact) mass is 504 g/mol. The molecule has 0 unspecified atom stereocenters. The van der Waals surface area contributed by atoms with Crippen LogP contribution >= 0.6 is 27.5 Å². The first-order valence-corrected chi connectivity index (χ1v) is 11.3. The second-order valence-corrected chi connectivity index (χ2v) is 10.0. The molecule has 5 rings (SSSR count). The van der Waals surface area contributed by atoms with Crippen molar-refractivity contribution in [1.29, 1.82) is 0 Å². The average molecular weight is 506 g/mol. The van der Waals surface area contributed by atoms with Crippen molar-refractivity contribution in [2.24, 2.45) is 0 Å². The number of anilines is 1. The highest BCUT2D eigenvalue weighted by Gasteiger charge is 2.47. The number of aromatic nitrogens is 4. The third-order valence-corrected chi connectivity index (χ3v) is 6.38. The molecule has 2 aliphatic rings. The van der Waals surface area contributed by atoms with Gasteiger partial charge in [-0.2, -0.15) is 5.10 Å². The molecule has 2 atom stereocenters. The summed E-state index contributed by atoms with van der Waals surface area (Å²) in [4.78, 5) is 25.7. The van der Waals surface area contributed by atoms with Crippen molar-refractivity contribution in [2.75, 3.05) is 18.0 Å². The summed E-state index contributed by atoms with van der Waals surface area (Å²) in [5, 5.41) is 5.88. The zero-order chi connectivity index (χ0) is 21.9. The summed E-state index contributed by atoms with van der Waals surface area (Å²) < 4.78 is 8.03. The third-order valence-electron chi connectivity index (χ3n) is 5.59. The molecule has 162 valence electrons. The van der Waals surface area contributed by atoms with E-state index in [1.807, 2.05) is 43.9 Å². The summed E-state index contributed by atoms with van der Waals surface area (Å²) in [7, 11) is 0. The Labute approximate surface area is 193 Å². The lowest BCUT2D eigenvalue weighted by atomic mass is 10.2. The lowest BCUT2D eigenvalue weighted by Gasteiger charge is -2.35. The SMILES string of the molecule is CC(C)(C)OC(=O)N1C[C@@H]2C[C@H]1CN2c1cc(-n2nc(Br)c3ccc(Cl)nc32)ccn1. The van der Waals surface area contributed by atoms with E-state index in [2.05, 4.69) is 35.9 Å². The molecule has 31 heavy (non-hydrogen) atoms. The van der Waals surface area contributed by atoms with Crippen LogP contribution in [0.15, 0.2) is 35.1 Å². The average Bonchev–Trinajstić information content (AvgIpc) is 3.39. The molecular weight excluding hydrogens is 484 g/mol. The molecule has 0 aromatic carbocycles. The Balaban J connectivity index is 1.40. The Morgan fingerprint density at radius 3 is 2.74 bits per heavy atom. The van der Waals surface area contributed by atoms with Gasteiger partial charge in [0.1, 0.15) is 21.2 Å². The maximum absolute atomic E-state index is 12.5. The fourth-order valence-electron chi connectivity index (χ4n) is 4.31. The standard InChI is InChI=1S/C21H22BrClN6O2/c1-21(2,3)31-20(30)28-11-13-8-14(28)10-27(13)17-9-12(6-7-24-17)29-19-15(18(22)26-29)4-5-16(23)25-19/h4-7,9,13-14H,8,10-11H2,1-3H3/t13-,14-/m0/s1. The van der Waals surface area contributed by atoms with Crippen LogP contribution in [0.2, 0.25) is 5.15 Å². The summed E-state index contributed by atoms with van der Waals surface area (Å²) in [6.45, 7) is 7.04. The van der Waals surface area contributed by atoms with Crippen LogP contribution < -0.4 is 4.90 Å². The first-order valence-electron chi connectivity index (χ1n) is 10.1. The van der Waals surface area contributed by atoms with E-state index in [0.717, 1.165) is 29.9 Å². The zero-order valence-corrected chi connectivity index (χ0v) is 19.8. The Kier molecular flexibility index (Phi) is 4.86. The van der Waals surface area contributed by atoms with Gasteiger partial charge in [0.15, 0.2) is 5.65 Å². The van der Waals surface area contributed by atoms with Crippen LogP contribution in [0.4, 0.5) is 10.6 Å². The van der Waals surface area contributed by atoms with Gasteiger partial charge in [0.25, 0.3) is 0 Å². The molecule has 2 saturated heterocycles. The van der Waals surface area contributed by atoms with Crippen molar-refractivity contribution in [3.63, 3.8) is 0 Å². The Morgan fingerprint density at radius 1 is 1.23 bits per heavy atom. The second kappa shape index (κ2) is 7.34. The Hall–Kier alpha value is -2.39. The van der Waals surface area contributed by atoms with Crippen LogP contribution in [0, 0.1) is 0 Å². The number of fused-ring (bicyclic) bond motifs is 3. The van der Waals surface area contributed by atoms with Gasteiger partial charge in [0.05, 0.1) is 23.2 Å². The molecule has 0 saturated carbocycles. The molecule has 0 radical (unpaired) electrons. The van der Waals surface area contributed by atoms with Crippen LogP contribution in [0.3, 0.4) is 0 Å². The third kappa shape index (κ3) is 3.74. The van der Waals surface area contributed by atoms with Crippen LogP contribution in [0.5, 0.6) is 0 Å². The van der Waals surface area contributed by atoms with Gasteiger partial charge in [-0.05, 0) is 61.3 Å². The number of nitrogens with zero attached hydrogens (tertiary/aromatic N) is 6. The van der Waals surface area contributed by atoms with Crippen molar-refractivity contribution in [2.45, 2.75) is 44.9 Å². The maximum atomic E-state index is 12.5. The van der Waals surface area contributed by atoms with Gasteiger partial charge < -0.3 is 14.5 Å². The predicted octanol–water partition coefficient (Wildman–Crippen LogP) is 4.43. The predicted molar refractivity (Wildman–Crippen MR) is 122 cm³/mol. The molecule has 0 aliphatic carbocycles. The van der Waals surface area contributed by atoms with Gasteiger partial charge in [-0.3, -0.25) is 0 Å². The van der Waals surface area contributed by atoms with Crippen molar-refractivity contribution in [3.05, 3.63) is 40.2 Å². The maximum Gasteiger partial charge on any atom is 0.410 e. The summed E-state index contributed by atoms with van der Waals surface area (Å²) >= 11 is 9.62. The number of piperazine rings is 1. The van der Waals surface area contributed by atoms with Gasteiger partial charge in [-0.15, -0.1) is 0 Å². The fourth-order valence-corrected chi connectivity index (χ4v) is 4.92. The number of hydrogen-bond acceptors (Lipinski definition) is 6. The van der Waals surface area contributed by atoms with E-state index < -0.39 is 5.60 Å². The van der Waals surface area contributed by atoms with Gasteiger partial charge in [-0.1, -0.05) is 11.6 Å². The number of halogens is 2. The molecule has 0 N–H and O–H groups in total. The normalized spacial score (nSPS) is 20.7. The highest BCUT2D eigenvalue weighted by Crippen LogP contribution is 2.35. The summed E-state index contributed by atoms with van der Waals surface area (Å²) in [6, 6.07) is 7.88. The molecule has 2 bridgehead atoms. The fraction of sp³-hybridized carbons (Fsp3) is 0.429. The second-order valence-electron chi connectivity index (χ2n) is 8.91. The highest BCUT2D eigenvalue weighted by molar-refractivity contribution is 9.10. The van der Waals surface area contributed by atoms with E-state index in [9.17, 15) is 4.79 Å². The van der Waals surface area contributed by atoms with Gasteiger partial charge >= 0.3 is 6.09 Å². The number of ether oxygens (including phenoxy) is 1. The number of carbonyl (C=O) groups is 1. The molecule has 2 aliphatic heterocycles. The van der Waals surface area contributed by atoms with Gasteiger partial charge in [0.2, 0.25) is 0 Å². The van der Waals surface area contributed by atoms with Crippen molar-refractivity contribution in [1.82, 2.24) is 24.6 Å². The molecule has 10 heteroatoms. The molecular formula is C21H22BrClN6O2. The van der Waals surface area contributed by atoms with Gasteiger partial charge in [-0.25, -0.2) is 19.4 Å². The van der Waals surface area contributed by atoms with Gasteiger partial charge in [0, 0.05) is 25.4 Å². The van der Waals surface area contributed by atoms with Crippen molar-refractivity contribution in [3.8, 4) is 5.69 Å². The number of amides is 1. The molecule has 0 spiro atoms. The van der Waals surface area contributed by atoms with Crippen LogP contribution in [0.25, 0.3) is 16.7 Å².